The average Bonchev–Trinajstić information content (AvgIpc) is 1.68. The predicted octanol–water partition coefficient (Wildman–Crippen LogP) is 1.61. The van der Waals surface area contributed by atoms with Crippen molar-refractivity contribution in [2.75, 3.05) is 6.26 Å². The molecule has 0 unspecified atom stereocenters. The van der Waals surface area contributed by atoms with Crippen LogP contribution in [-0.2, 0) is 26.0 Å². The largest absolute Gasteiger partial charge is 0.392 e. The molecule has 9 heavy (non-hydrogen) atoms. The van der Waals surface area contributed by atoms with E-state index in [-0.39, 0.29) is 23.0 Å². The topological polar surface area (TPSA) is 26.3 Å². The molecule has 0 aromatic carbocycles. The molecule has 59 valence electrons. The van der Waals surface area contributed by atoms with Gasteiger partial charge in [0.1, 0.15) is 0 Å². The second kappa shape index (κ2) is 8.34. The van der Waals surface area contributed by atoms with Crippen molar-refractivity contribution in [3.05, 3.63) is 0 Å². The summed E-state index contributed by atoms with van der Waals surface area (Å²) in [5, 5.41) is 0. The molecule has 2 nitrogen and oxygen atoms in total. The molecule has 0 saturated heterocycles. The molecule has 0 rings (SSSR count). The van der Waals surface area contributed by atoms with Crippen LogP contribution in [0.2, 0.25) is 0 Å². The van der Waals surface area contributed by atoms with Crippen molar-refractivity contribution in [3.63, 3.8) is 0 Å². The Kier molecular flexibility index (Phi) is 11.2. The van der Waals surface area contributed by atoms with E-state index in [1.54, 1.807) is 6.26 Å². The van der Waals surface area contributed by atoms with Crippen LogP contribution in [0.1, 0.15) is 19.8 Å². The maximum Gasteiger partial charge on any atom is 0.317 e. The van der Waals surface area contributed by atoms with Gasteiger partial charge in [0.2, 0.25) is 0 Å². The summed E-state index contributed by atoms with van der Waals surface area (Å²) in [6.45, 7) is 1.95. The molecule has 0 heterocycles. The first-order valence-corrected chi connectivity index (χ1v) is 3.69. The van der Waals surface area contributed by atoms with Crippen LogP contribution in [0.5, 0.6) is 0 Å². The smallest absolute Gasteiger partial charge is 0.317 e. The van der Waals surface area contributed by atoms with Gasteiger partial charge in [-0.1, -0.05) is 6.92 Å². The molecular weight excluding hydrogens is 188 g/mol. The zero-order chi connectivity index (χ0) is 6.41. The molecular formula is C5H10CuO2S. The third kappa shape index (κ3) is 8.34. The van der Waals surface area contributed by atoms with Crippen LogP contribution in [-0.4, -0.2) is 12.2 Å². The molecule has 0 atom stereocenters. The van der Waals surface area contributed by atoms with Crippen molar-refractivity contribution >= 4 is 18.0 Å². The van der Waals surface area contributed by atoms with Crippen molar-refractivity contribution in [2.24, 2.45) is 0 Å². The maximum atomic E-state index is 10.4. The molecule has 0 fully saturated rings. The number of carbonyl (C=O) groups is 1. The van der Waals surface area contributed by atoms with Crippen molar-refractivity contribution in [1.82, 2.24) is 0 Å². The molecule has 0 aromatic heterocycles. The van der Waals surface area contributed by atoms with Gasteiger partial charge in [-0.2, -0.15) is 0 Å². The summed E-state index contributed by atoms with van der Waals surface area (Å²) in [5.74, 6) is -0.125. The molecule has 0 aliphatic heterocycles. The Morgan fingerprint density at radius 2 is 2.22 bits per heavy atom. The van der Waals surface area contributed by atoms with E-state index < -0.39 is 0 Å². The van der Waals surface area contributed by atoms with Gasteiger partial charge in [0, 0.05) is 29.7 Å². The first-order chi connectivity index (χ1) is 3.81. The van der Waals surface area contributed by atoms with Gasteiger partial charge in [-0.25, -0.2) is 0 Å². The van der Waals surface area contributed by atoms with Crippen molar-refractivity contribution < 1.29 is 26.0 Å². The number of rotatable bonds is 3. The van der Waals surface area contributed by atoms with Gasteiger partial charge in [-0.15, -0.1) is 0 Å². The van der Waals surface area contributed by atoms with Crippen LogP contribution in [0.3, 0.4) is 0 Å². The van der Waals surface area contributed by atoms with Gasteiger partial charge in [0.15, 0.2) is 0 Å². The minimum absolute atomic E-state index is 0. The molecule has 0 saturated carbocycles. The van der Waals surface area contributed by atoms with E-state index in [4.69, 9.17) is 0 Å². The zero-order valence-corrected chi connectivity index (χ0v) is 7.20. The fourth-order valence-corrected chi connectivity index (χ4v) is 0.608. The maximum absolute atomic E-state index is 10.4. The molecule has 1 radical (unpaired) electrons. The van der Waals surface area contributed by atoms with Gasteiger partial charge < -0.3 is 4.18 Å². The third-order valence-corrected chi connectivity index (χ3v) is 0.983. The van der Waals surface area contributed by atoms with E-state index in [2.05, 4.69) is 4.18 Å². The quantitative estimate of drug-likeness (QED) is 0.508. The number of carbonyl (C=O) groups excluding carboxylic acids is 1. The Morgan fingerprint density at radius 3 is 2.56 bits per heavy atom. The summed E-state index contributed by atoms with van der Waals surface area (Å²) in [4.78, 5) is 10.4. The molecule has 0 bridgehead atoms. The summed E-state index contributed by atoms with van der Waals surface area (Å²) in [5.41, 5.74) is 0. The van der Waals surface area contributed by atoms with Crippen molar-refractivity contribution in [3.8, 4) is 0 Å². The molecule has 0 aromatic rings. The Labute approximate surface area is 70.4 Å². The fraction of sp³-hybridized carbons (Fsp3) is 0.800. The minimum atomic E-state index is -0.125. The van der Waals surface area contributed by atoms with Gasteiger partial charge in [0.05, 0.1) is 12.0 Å². The van der Waals surface area contributed by atoms with Gasteiger partial charge >= 0.3 is 5.97 Å². The first kappa shape index (κ1) is 12.1. The van der Waals surface area contributed by atoms with Gasteiger partial charge in [-0.05, 0) is 6.42 Å². The first-order valence-electron chi connectivity index (χ1n) is 2.54. The molecule has 0 spiro atoms. The second-order valence-corrected chi connectivity index (χ2v) is 1.87. The van der Waals surface area contributed by atoms with Crippen LogP contribution < -0.4 is 0 Å². The van der Waals surface area contributed by atoms with Crippen LogP contribution in [0.4, 0.5) is 0 Å². The summed E-state index contributed by atoms with van der Waals surface area (Å²) in [6.07, 6.45) is 3.12. The average molecular weight is 198 g/mol. The van der Waals surface area contributed by atoms with E-state index in [1.807, 2.05) is 6.92 Å². The molecule has 0 amide bonds. The molecule has 0 aliphatic carbocycles. The SMILES string of the molecule is CCCC(=O)OSC.[Cu]. The van der Waals surface area contributed by atoms with Crippen LogP contribution in [0, 0.1) is 0 Å². The normalized spacial score (nSPS) is 7.78. The van der Waals surface area contributed by atoms with Crippen LogP contribution in [0.25, 0.3) is 0 Å². The molecule has 0 N–H and O–H groups in total. The molecule has 0 aliphatic rings. The van der Waals surface area contributed by atoms with Gasteiger partial charge in [-0.3, -0.25) is 4.79 Å². The summed E-state index contributed by atoms with van der Waals surface area (Å²) < 4.78 is 4.56. The standard InChI is InChI=1S/C5H10O2S.Cu/c1-3-4-5(6)7-8-2;/h3-4H2,1-2H3;. The Bertz CT molecular complexity index is 69.4. The van der Waals surface area contributed by atoms with E-state index in [9.17, 15) is 4.79 Å². The number of hydrogen-bond donors (Lipinski definition) is 0. The summed E-state index contributed by atoms with van der Waals surface area (Å²) >= 11 is 1.10. The predicted molar refractivity (Wildman–Crippen MR) is 34.5 cm³/mol. The number of hydrogen-bond acceptors (Lipinski definition) is 3. The van der Waals surface area contributed by atoms with E-state index >= 15 is 0 Å². The van der Waals surface area contributed by atoms with Crippen molar-refractivity contribution in [2.45, 2.75) is 19.8 Å². The Hall–Kier alpha value is 0.339. The monoisotopic (exact) mass is 197 g/mol. The fourth-order valence-electron chi connectivity index (χ4n) is 0.339. The minimum Gasteiger partial charge on any atom is -0.392 e. The third-order valence-electron chi connectivity index (χ3n) is 0.630. The van der Waals surface area contributed by atoms with E-state index in [1.165, 1.54) is 0 Å². The zero-order valence-electron chi connectivity index (χ0n) is 5.44. The van der Waals surface area contributed by atoms with Crippen LogP contribution in [0.15, 0.2) is 0 Å². The Balaban J connectivity index is 0. The second-order valence-electron chi connectivity index (χ2n) is 1.37. The molecule has 4 heteroatoms. The van der Waals surface area contributed by atoms with Crippen LogP contribution >= 0.6 is 12.0 Å². The van der Waals surface area contributed by atoms with Gasteiger partial charge in [0.25, 0.3) is 0 Å². The summed E-state index contributed by atoms with van der Waals surface area (Å²) in [7, 11) is 0. The van der Waals surface area contributed by atoms with E-state index in [0.29, 0.717) is 6.42 Å². The Morgan fingerprint density at radius 1 is 1.67 bits per heavy atom. The van der Waals surface area contributed by atoms with Crippen molar-refractivity contribution in [1.29, 1.82) is 0 Å². The van der Waals surface area contributed by atoms with E-state index in [0.717, 1.165) is 18.5 Å². The summed E-state index contributed by atoms with van der Waals surface area (Å²) in [6, 6.07) is 0.